The van der Waals surface area contributed by atoms with Gasteiger partial charge < -0.3 is 14.3 Å². The fraction of sp³-hybridized carbons (Fsp3) is 0.611. The molecule has 0 rings (SSSR count). The zero-order valence-corrected chi connectivity index (χ0v) is 14.4. The number of carbonyl (C=O) groups is 1. The van der Waals surface area contributed by atoms with Crippen LogP contribution in [0.15, 0.2) is 36.0 Å². The molecule has 0 bridgehead atoms. The maximum atomic E-state index is 10.1. The average Bonchev–Trinajstić information content (AvgIpc) is 2.46. The zero-order valence-electron chi connectivity index (χ0n) is 14.4. The van der Waals surface area contributed by atoms with Crippen LogP contribution in [0.4, 0.5) is 0 Å². The Labute approximate surface area is 130 Å². The molecule has 3 heteroatoms. The van der Waals surface area contributed by atoms with Gasteiger partial charge in [0, 0.05) is 19.6 Å². The molecule has 0 aromatic heterocycles. The Morgan fingerprint density at radius 1 is 1.14 bits per heavy atom. The van der Waals surface area contributed by atoms with Crippen LogP contribution in [-0.4, -0.2) is 25.8 Å². The number of aldehydes is 1. The first-order valence-electron chi connectivity index (χ1n) is 7.63. The smallest absolute Gasteiger partial charge is 0.154 e. The van der Waals surface area contributed by atoms with Gasteiger partial charge in [-0.05, 0) is 47.5 Å². The van der Waals surface area contributed by atoms with Crippen LogP contribution in [0, 0.1) is 0 Å². The molecule has 0 aliphatic heterocycles. The minimum absolute atomic E-state index is 0.0370. The van der Waals surface area contributed by atoms with Gasteiger partial charge in [0.25, 0.3) is 0 Å². The lowest BCUT2D eigenvalue weighted by Gasteiger charge is -2.09. The van der Waals surface area contributed by atoms with E-state index in [-0.39, 0.29) is 6.29 Å². The van der Waals surface area contributed by atoms with Crippen molar-refractivity contribution in [3.63, 3.8) is 0 Å². The van der Waals surface area contributed by atoms with Crippen LogP contribution >= 0.6 is 0 Å². The monoisotopic (exact) mass is 296 g/mol. The summed E-state index contributed by atoms with van der Waals surface area (Å²) in [6.45, 7) is 15.0. The molecule has 3 nitrogen and oxygen atoms in total. The lowest BCUT2D eigenvalue weighted by Crippen LogP contribution is -2.11. The molecule has 0 unspecified atom stereocenters. The molecule has 0 aliphatic rings. The van der Waals surface area contributed by atoms with Crippen molar-refractivity contribution < 1.29 is 14.3 Å². The van der Waals surface area contributed by atoms with E-state index in [1.54, 1.807) is 0 Å². The molecule has 0 heterocycles. The van der Waals surface area contributed by atoms with Crippen LogP contribution in [0.25, 0.3) is 0 Å². The molecule has 0 atom stereocenters. The largest absolute Gasteiger partial charge is 0.353 e. The van der Waals surface area contributed by atoms with E-state index in [0.717, 1.165) is 32.3 Å². The number of ether oxygens (including phenoxy) is 2. The first kappa shape index (κ1) is 22.1. The van der Waals surface area contributed by atoms with E-state index in [2.05, 4.69) is 25.7 Å². The number of carbonyl (C=O) groups excluding carboxylic acids is 1. The predicted octanol–water partition coefficient (Wildman–Crippen LogP) is 4.84. The Morgan fingerprint density at radius 2 is 1.71 bits per heavy atom. The standard InChI is InChI=1S/C12H18O.C6H14O2/c1-4-11(2)7-5-8-12(3)9-6-10-13;1-4-7-6(3)8-5-2/h4,7-8,10H,1,5-6,9H2,2-3H3;6H,4-5H2,1-3H3/b11-7+,12-8+;. The summed E-state index contributed by atoms with van der Waals surface area (Å²) in [6, 6.07) is 0. The third-order valence-electron chi connectivity index (χ3n) is 2.69. The van der Waals surface area contributed by atoms with Gasteiger partial charge >= 0.3 is 0 Å². The third-order valence-corrected chi connectivity index (χ3v) is 2.69. The molecular weight excluding hydrogens is 264 g/mol. The molecule has 0 amide bonds. The van der Waals surface area contributed by atoms with Gasteiger partial charge in [0.05, 0.1) is 0 Å². The van der Waals surface area contributed by atoms with Gasteiger partial charge in [-0.15, -0.1) is 0 Å². The van der Waals surface area contributed by atoms with E-state index in [1.807, 2.05) is 33.8 Å². The molecule has 122 valence electrons. The van der Waals surface area contributed by atoms with Crippen LogP contribution in [0.5, 0.6) is 0 Å². The van der Waals surface area contributed by atoms with Crippen molar-refractivity contribution in [2.45, 2.75) is 60.2 Å². The van der Waals surface area contributed by atoms with Gasteiger partial charge in [-0.25, -0.2) is 0 Å². The first-order valence-corrected chi connectivity index (χ1v) is 7.63. The normalized spacial score (nSPS) is 11.9. The Morgan fingerprint density at radius 3 is 2.14 bits per heavy atom. The summed E-state index contributed by atoms with van der Waals surface area (Å²) >= 11 is 0. The van der Waals surface area contributed by atoms with Gasteiger partial charge in [-0.1, -0.05) is 36.0 Å². The van der Waals surface area contributed by atoms with E-state index >= 15 is 0 Å². The van der Waals surface area contributed by atoms with Gasteiger partial charge in [-0.2, -0.15) is 0 Å². The maximum absolute atomic E-state index is 10.1. The predicted molar refractivity (Wildman–Crippen MR) is 90.3 cm³/mol. The Hall–Kier alpha value is -1.19. The second-order valence-electron chi connectivity index (χ2n) is 4.62. The van der Waals surface area contributed by atoms with E-state index in [1.165, 1.54) is 11.1 Å². The molecule has 0 radical (unpaired) electrons. The number of hydrogen-bond donors (Lipinski definition) is 0. The van der Waals surface area contributed by atoms with Crippen molar-refractivity contribution >= 4 is 6.29 Å². The topological polar surface area (TPSA) is 35.5 Å². The molecule has 0 aromatic rings. The quantitative estimate of drug-likeness (QED) is 0.250. The summed E-state index contributed by atoms with van der Waals surface area (Å²) < 4.78 is 10.1. The average molecular weight is 296 g/mol. The molecule has 0 N–H and O–H groups in total. The summed E-state index contributed by atoms with van der Waals surface area (Å²) in [4.78, 5) is 10.1. The lowest BCUT2D eigenvalue weighted by molar-refractivity contribution is -0.123. The van der Waals surface area contributed by atoms with Gasteiger partial charge in [-0.3, -0.25) is 0 Å². The second-order valence-corrected chi connectivity index (χ2v) is 4.62. The zero-order chi connectivity index (χ0) is 16.5. The first-order chi connectivity index (χ1) is 10.0. The molecule has 0 fully saturated rings. The molecule has 0 aromatic carbocycles. The highest BCUT2D eigenvalue weighted by Crippen LogP contribution is 2.05. The summed E-state index contributed by atoms with van der Waals surface area (Å²) in [5.41, 5.74) is 2.47. The van der Waals surface area contributed by atoms with E-state index in [4.69, 9.17) is 9.47 Å². The minimum atomic E-state index is -0.0370. The van der Waals surface area contributed by atoms with Crippen molar-refractivity contribution in [1.82, 2.24) is 0 Å². The number of hydrogen-bond acceptors (Lipinski definition) is 3. The van der Waals surface area contributed by atoms with Crippen molar-refractivity contribution in [1.29, 1.82) is 0 Å². The maximum Gasteiger partial charge on any atom is 0.154 e. The van der Waals surface area contributed by atoms with Gasteiger partial charge in [0.2, 0.25) is 0 Å². The van der Waals surface area contributed by atoms with Crippen LogP contribution in [0.2, 0.25) is 0 Å². The Balaban J connectivity index is 0. The fourth-order valence-corrected chi connectivity index (χ4v) is 1.44. The Kier molecular flexibility index (Phi) is 17.7. The van der Waals surface area contributed by atoms with Gasteiger partial charge in [0.15, 0.2) is 6.29 Å². The van der Waals surface area contributed by atoms with Gasteiger partial charge in [0.1, 0.15) is 6.29 Å². The summed E-state index contributed by atoms with van der Waals surface area (Å²) in [5.74, 6) is 0. The molecule has 21 heavy (non-hydrogen) atoms. The SMILES string of the molecule is C=C/C(C)=C/C/C=C(\C)CCC=O.CCOC(C)OCC. The minimum Gasteiger partial charge on any atom is -0.353 e. The highest BCUT2D eigenvalue weighted by Gasteiger charge is 1.94. The molecule has 0 spiro atoms. The summed E-state index contributed by atoms with van der Waals surface area (Å²) in [5, 5.41) is 0. The highest BCUT2D eigenvalue weighted by atomic mass is 16.7. The molecule has 0 saturated heterocycles. The number of allylic oxidation sites excluding steroid dienone is 5. The third kappa shape index (κ3) is 18.8. The van der Waals surface area contributed by atoms with Crippen LogP contribution in [-0.2, 0) is 14.3 Å². The molecule has 0 saturated carbocycles. The van der Waals surface area contributed by atoms with Crippen LogP contribution in [0.3, 0.4) is 0 Å². The Bertz CT molecular complexity index is 310. The molecule has 0 aliphatic carbocycles. The van der Waals surface area contributed by atoms with E-state index < -0.39 is 0 Å². The van der Waals surface area contributed by atoms with Crippen molar-refractivity contribution in [2.75, 3.05) is 13.2 Å². The molecular formula is C18H32O3. The van der Waals surface area contributed by atoms with Crippen molar-refractivity contribution in [2.24, 2.45) is 0 Å². The second kappa shape index (κ2) is 16.9. The van der Waals surface area contributed by atoms with E-state index in [0.29, 0.717) is 6.42 Å². The van der Waals surface area contributed by atoms with E-state index in [9.17, 15) is 4.79 Å². The van der Waals surface area contributed by atoms with Crippen molar-refractivity contribution in [3.8, 4) is 0 Å². The fourth-order valence-electron chi connectivity index (χ4n) is 1.44. The van der Waals surface area contributed by atoms with Crippen LogP contribution < -0.4 is 0 Å². The summed E-state index contributed by atoms with van der Waals surface area (Å²) in [7, 11) is 0. The lowest BCUT2D eigenvalue weighted by atomic mass is 10.1. The summed E-state index contributed by atoms with van der Waals surface area (Å²) in [6.07, 6.45) is 9.48. The highest BCUT2D eigenvalue weighted by molar-refractivity contribution is 5.49. The van der Waals surface area contributed by atoms with Crippen molar-refractivity contribution in [3.05, 3.63) is 36.0 Å². The number of rotatable bonds is 10. The van der Waals surface area contributed by atoms with Crippen LogP contribution in [0.1, 0.15) is 53.9 Å².